The van der Waals surface area contributed by atoms with Crippen LogP contribution in [0.3, 0.4) is 0 Å². The number of nitrogens with one attached hydrogen (secondary N) is 1. The van der Waals surface area contributed by atoms with Crippen LogP contribution in [0.15, 0.2) is 69.6 Å². The minimum absolute atomic E-state index is 0.199. The van der Waals surface area contributed by atoms with Crippen molar-refractivity contribution in [2.75, 3.05) is 12.4 Å². The van der Waals surface area contributed by atoms with Gasteiger partial charge in [-0.3, -0.25) is 4.79 Å². The quantitative estimate of drug-likeness (QED) is 0.322. The average molecular weight is 479 g/mol. The van der Waals surface area contributed by atoms with E-state index in [-0.39, 0.29) is 5.91 Å². The van der Waals surface area contributed by atoms with E-state index in [1.54, 1.807) is 25.3 Å². The molecule has 0 fully saturated rings. The van der Waals surface area contributed by atoms with Crippen LogP contribution in [0.25, 0.3) is 22.6 Å². The van der Waals surface area contributed by atoms with E-state index in [2.05, 4.69) is 52.2 Å². The molecule has 158 valence electrons. The van der Waals surface area contributed by atoms with Crippen molar-refractivity contribution in [1.29, 1.82) is 0 Å². The molecule has 0 saturated carbocycles. The highest BCUT2D eigenvalue weighted by molar-refractivity contribution is 9.10. The number of nitrogens with zero attached hydrogens (tertiary/aromatic N) is 1. The second kappa shape index (κ2) is 8.94. The van der Waals surface area contributed by atoms with E-state index in [1.807, 2.05) is 30.3 Å². The van der Waals surface area contributed by atoms with Crippen molar-refractivity contribution >= 4 is 38.6 Å². The lowest BCUT2D eigenvalue weighted by Gasteiger charge is -2.08. The first-order valence-corrected chi connectivity index (χ1v) is 10.9. The van der Waals surface area contributed by atoms with Crippen LogP contribution in [0, 0.1) is 0 Å². The third kappa shape index (κ3) is 4.49. The Hall–Kier alpha value is -3.12. The van der Waals surface area contributed by atoms with E-state index >= 15 is 0 Å². The van der Waals surface area contributed by atoms with Gasteiger partial charge < -0.3 is 14.5 Å². The molecule has 1 amide bonds. The molecule has 0 unspecified atom stereocenters. The number of halogens is 1. The predicted molar refractivity (Wildman–Crippen MR) is 127 cm³/mol. The summed E-state index contributed by atoms with van der Waals surface area (Å²) in [5.74, 6) is 1.53. The zero-order chi connectivity index (χ0) is 22.0. The second-order valence-corrected chi connectivity index (χ2v) is 8.29. The first kappa shape index (κ1) is 21.1. The molecule has 0 saturated heterocycles. The first-order chi connectivity index (χ1) is 15.0. The molecule has 31 heavy (non-hydrogen) atoms. The van der Waals surface area contributed by atoms with Crippen LogP contribution >= 0.6 is 15.9 Å². The predicted octanol–water partition coefficient (Wildman–Crippen LogP) is 7.03. The Morgan fingerprint density at radius 2 is 1.90 bits per heavy atom. The number of anilines is 1. The molecule has 4 rings (SSSR count). The van der Waals surface area contributed by atoms with Gasteiger partial charge in [0.15, 0.2) is 5.58 Å². The lowest BCUT2D eigenvalue weighted by Crippen LogP contribution is -2.11. The van der Waals surface area contributed by atoms with Gasteiger partial charge in [0, 0.05) is 16.8 Å². The Bertz CT molecular complexity index is 1230. The van der Waals surface area contributed by atoms with Gasteiger partial charge in [-0.25, -0.2) is 4.98 Å². The molecule has 1 heterocycles. The van der Waals surface area contributed by atoms with E-state index in [1.165, 1.54) is 5.56 Å². The van der Waals surface area contributed by atoms with Crippen molar-refractivity contribution in [1.82, 2.24) is 4.98 Å². The fourth-order valence-electron chi connectivity index (χ4n) is 3.32. The number of methoxy groups -OCH3 is 1. The summed E-state index contributed by atoms with van der Waals surface area (Å²) in [6, 6.07) is 18.8. The van der Waals surface area contributed by atoms with E-state index in [9.17, 15) is 4.79 Å². The van der Waals surface area contributed by atoms with Gasteiger partial charge in [0.2, 0.25) is 5.89 Å². The van der Waals surface area contributed by atoms with Crippen LogP contribution in [-0.4, -0.2) is 18.0 Å². The zero-order valence-corrected chi connectivity index (χ0v) is 19.2. The standard InChI is InChI=1S/C25H23BrN2O3/c1-4-15(2)17-7-12-23-21(14-17)28-25(31-23)16-5-9-19(10-6-16)27-24(29)18-8-11-22(30-3)20(26)13-18/h5-15H,4H2,1-3H3,(H,27,29)/t15-/m0/s1. The number of fused-ring (bicyclic) bond motifs is 1. The normalized spacial score (nSPS) is 12.0. The molecule has 0 radical (unpaired) electrons. The minimum atomic E-state index is -0.199. The van der Waals surface area contributed by atoms with Gasteiger partial charge in [-0.1, -0.05) is 19.9 Å². The zero-order valence-electron chi connectivity index (χ0n) is 17.6. The monoisotopic (exact) mass is 478 g/mol. The Morgan fingerprint density at radius 3 is 2.58 bits per heavy atom. The van der Waals surface area contributed by atoms with E-state index < -0.39 is 0 Å². The van der Waals surface area contributed by atoms with Gasteiger partial charge in [-0.15, -0.1) is 0 Å². The van der Waals surface area contributed by atoms with Gasteiger partial charge in [0.1, 0.15) is 11.3 Å². The summed E-state index contributed by atoms with van der Waals surface area (Å²) in [4.78, 5) is 17.2. The summed E-state index contributed by atoms with van der Waals surface area (Å²) in [5.41, 5.74) is 4.97. The van der Waals surface area contributed by atoms with Crippen molar-refractivity contribution in [2.45, 2.75) is 26.2 Å². The van der Waals surface area contributed by atoms with Crippen molar-refractivity contribution < 1.29 is 13.9 Å². The Labute approximate surface area is 189 Å². The number of oxazole rings is 1. The van der Waals surface area contributed by atoms with Crippen LogP contribution in [0.5, 0.6) is 5.75 Å². The van der Waals surface area contributed by atoms with Gasteiger partial charge in [0.05, 0.1) is 11.6 Å². The minimum Gasteiger partial charge on any atom is -0.496 e. The van der Waals surface area contributed by atoms with Gasteiger partial charge in [0.25, 0.3) is 5.91 Å². The van der Waals surface area contributed by atoms with Gasteiger partial charge in [-0.05, 0) is 88.4 Å². The summed E-state index contributed by atoms with van der Waals surface area (Å²) in [7, 11) is 1.59. The summed E-state index contributed by atoms with van der Waals surface area (Å²) in [6.07, 6.45) is 1.08. The molecule has 3 aromatic carbocycles. The molecular formula is C25H23BrN2O3. The summed E-state index contributed by atoms with van der Waals surface area (Å²) >= 11 is 3.40. The highest BCUT2D eigenvalue weighted by Gasteiger charge is 2.12. The van der Waals surface area contributed by atoms with Gasteiger partial charge >= 0.3 is 0 Å². The lowest BCUT2D eigenvalue weighted by atomic mass is 9.98. The number of amides is 1. The maximum Gasteiger partial charge on any atom is 0.255 e. The number of benzene rings is 3. The smallest absolute Gasteiger partial charge is 0.255 e. The number of hydrogen-bond donors (Lipinski definition) is 1. The van der Waals surface area contributed by atoms with Crippen LogP contribution < -0.4 is 10.1 Å². The number of carbonyl (C=O) groups excluding carboxylic acids is 1. The number of aromatic nitrogens is 1. The average Bonchev–Trinajstić information content (AvgIpc) is 3.22. The molecule has 1 atom stereocenters. The highest BCUT2D eigenvalue weighted by atomic mass is 79.9. The molecule has 1 aromatic heterocycles. The van der Waals surface area contributed by atoms with Crippen LogP contribution in [-0.2, 0) is 0 Å². The Balaban J connectivity index is 1.51. The highest BCUT2D eigenvalue weighted by Crippen LogP contribution is 2.29. The molecule has 6 heteroatoms. The van der Waals surface area contributed by atoms with Crippen molar-refractivity contribution in [2.24, 2.45) is 0 Å². The van der Waals surface area contributed by atoms with Crippen LogP contribution in [0.2, 0.25) is 0 Å². The third-order valence-electron chi connectivity index (χ3n) is 5.40. The van der Waals surface area contributed by atoms with Crippen LogP contribution in [0.1, 0.15) is 42.1 Å². The Morgan fingerprint density at radius 1 is 1.13 bits per heavy atom. The molecule has 0 aliphatic carbocycles. The maximum absolute atomic E-state index is 12.5. The van der Waals surface area contributed by atoms with Crippen molar-refractivity contribution in [3.05, 3.63) is 76.3 Å². The number of carbonyl (C=O) groups is 1. The van der Waals surface area contributed by atoms with Crippen molar-refractivity contribution in [3.63, 3.8) is 0 Å². The molecular weight excluding hydrogens is 456 g/mol. The van der Waals surface area contributed by atoms with E-state index in [0.717, 1.165) is 27.6 Å². The fraction of sp³-hybridized carbons (Fsp3) is 0.200. The molecule has 0 bridgehead atoms. The summed E-state index contributed by atoms with van der Waals surface area (Å²) in [6.45, 7) is 4.39. The molecule has 0 aliphatic heterocycles. The number of rotatable bonds is 6. The van der Waals surface area contributed by atoms with E-state index in [4.69, 9.17) is 9.15 Å². The lowest BCUT2D eigenvalue weighted by molar-refractivity contribution is 0.102. The fourth-order valence-corrected chi connectivity index (χ4v) is 3.86. The first-order valence-electron chi connectivity index (χ1n) is 10.1. The SMILES string of the molecule is CC[C@H](C)c1ccc2oc(-c3ccc(NC(=O)c4ccc(OC)c(Br)c4)cc3)nc2c1. The molecule has 4 aromatic rings. The van der Waals surface area contributed by atoms with Crippen LogP contribution in [0.4, 0.5) is 5.69 Å². The number of hydrogen-bond acceptors (Lipinski definition) is 4. The maximum atomic E-state index is 12.5. The molecule has 1 N–H and O–H groups in total. The largest absolute Gasteiger partial charge is 0.496 e. The molecule has 0 aliphatic rings. The van der Waals surface area contributed by atoms with Gasteiger partial charge in [-0.2, -0.15) is 0 Å². The topological polar surface area (TPSA) is 64.4 Å². The second-order valence-electron chi connectivity index (χ2n) is 7.44. The number of ether oxygens (including phenoxy) is 1. The third-order valence-corrected chi connectivity index (χ3v) is 6.02. The molecule has 0 spiro atoms. The molecule has 5 nitrogen and oxygen atoms in total. The summed E-state index contributed by atoms with van der Waals surface area (Å²) < 4.78 is 11.9. The summed E-state index contributed by atoms with van der Waals surface area (Å²) in [5, 5.41) is 2.90. The Kier molecular flexibility index (Phi) is 6.09. The van der Waals surface area contributed by atoms with E-state index in [0.29, 0.717) is 28.8 Å². The van der Waals surface area contributed by atoms with Crippen molar-refractivity contribution in [3.8, 4) is 17.2 Å².